The van der Waals surface area contributed by atoms with Crippen LogP contribution in [0.5, 0.6) is 0 Å². The van der Waals surface area contributed by atoms with E-state index in [0.717, 1.165) is 26.0 Å². The third-order valence-electron chi connectivity index (χ3n) is 3.16. The third kappa shape index (κ3) is 4.01. The number of sulfonamides is 1. The predicted octanol–water partition coefficient (Wildman–Crippen LogP) is -0.0114. The molecule has 0 N–H and O–H groups in total. The van der Waals surface area contributed by atoms with Crippen molar-refractivity contribution in [2.24, 2.45) is 0 Å². The van der Waals surface area contributed by atoms with Crippen molar-refractivity contribution in [3.8, 4) is 0 Å². The summed E-state index contributed by atoms with van der Waals surface area (Å²) in [6, 6.07) is 0.480. The number of likely N-dealkylation sites (N-methyl/N-ethyl adjacent to an activating group) is 1. The molecule has 1 saturated heterocycles. The molecule has 96 valence electrons. The zero-order valence-corrected chi connectivity index (χ0v) is 11.2. The summed E-state index contributed by atoms with van der Waals surface area (Å²) in [5, 5.41) is 0. The lowest BCUT2D eigenvalue weighted by atomic mass is 10.1. The molecule has 1 heterocycles. The van der Waals surface area contributed by atoms with Crippen LogP contribution in [-0.2, 0) is 14.8 Å². The van der Waals surface area contributed by atoms with Crippen molar-refractivity contribution in [3.05, 3.63) is 0 Å². The molecular formula is C10H22N2O3S. The Morgan fingerprint density at radius 1 is 1.38 bits per heavy atom. The molecule has 0 amide bonds. The molecule has 0 bridgehead atoms. The van der Waals surface area contributed by atoms with Gasteiger partial charge in [0.15, 0.2) is 0 Å². The first kappa shape index (κ1) is 13.9. The quantitative estimate of drug-likeness (QED) is 0.688. The normalized spacial score (nSPS) is 20.5. The Morgan fingerprint density at radius 3 is 2.38 bits per heavy atom. The third-order valence-corrected chi connectivity index (χ3v) is 4.47. The van der Waals surface area contributed by atoms with Gasteiger partial charge in [0.25, 0.3) is 0 Å². The van der Waals surface area contributed by atoms with Gasteiger partial charge in [-0.3, -0.25) is 0 Å². The van der Waals surface area contributed by atoms with Gasteiger partial charge in [0.05, 0.1) is 12.9 Å². The molecule has 0 aromatic rings. The van der Waals surface area contributed by atoms with Gasteiger partial charge in [0.1, 0.15) is 0 Å². The number of hydrogen-bond acceptors (Lipinski definition) is 4. The average molecular weight is 250 g/mol. The van der Waals surface area contributed by atoms with E-state index in [0.29, 0.717) is 19.1 Å². The van der Waals surface area contributed by atoms with Gasteiger partial charge in [-0.2, -0.15) is 0 Å². The predicted molar refractivity (Wildman–Crippen MR) is 63.9 cm³/mol. The molecule has 1 fully saturated rings. The van der Waals surface area contributed by atoms with Crippen LogP contribution in [0.2, 0.25) is 0 Å². The highest BCUT2D eigenvalue weighted by Gasteiger charge is 2.26. The summed E-state index contributed by atoms with van der Waals surface area (Å²) in [4.78, 5) is 2.25. The van der Waals surface area contributed by atoms with E-state index in [2.05, 4.69) is 11.9 Å². The summed E-state index contributed by atoms with van der Waals surface area (Å²) in [6.45, 7) is 2.91. The van der Waals surface area contributed by atoms with Crippen molar-refractivity contribution in [2.45, 2.75) is 18.9 Å². The van der Waals surface area contributed by atoms with Crippen LogP contribution in [0.3, 0.4) is 0 Å². The summed E-state index contributed by atoms with van der Waals surface area (Å²) in [6.07, 6.45) is 3.10. The molecule has 0 aromatic carbocycles. The van der Waals surface area contributed by atoms with Gasteiger partial charge in [0.2, 0.25) is 10.0 Å². The Bertz CT molecular complexity index is 297. The van der Waals surface area contributed by atoms with E-state index in [1.165, 1.54) is 6.26 Å². The Kier molecular flexibility index (Phi) is 5.17. The molecule has 0 saturated carbocycles. The summed E-state index contributed by atoms with van der Waals surface area (Å²) < 4.78 is 29.2. The first-order valence-electron chi connectivity index (χ1n) is 5.59. The number of methoxy groups -OCH3 is 1. The van der Waals surface area contributed by atoms with Crippen molar-refractivity contribution in [3.63, 3.8) is 0 Å². The lowest BCUT2D eigenvalue weighted by Crippen LogP contribution is -2.45. The van der Waals surface area contributed by atoms with E-state index >= 15 is 0 Å². The smallest absolute Gasteiger partial charge is 0.211 e. The van der Waals surface area contributed by atoms with Gasteiger partial charge < -0.3 is 9.64 Å². The van der Waals surface area contributed by atoms with Crippen molar-refractivity contribution < 1.29 is 13.2 Å². The number of piperidine rings is 1. The van der Waals surface area contributed by atoms with E-state index in [1.807, 2.05) is 0 Å². The van der Waals surface area contributed by atoms with E-state index in [-0.39, 0.29) is 0 Å². The molecular weight excluding hydrogens is 228 g/mol. The van der Waals surface area contributed by atoms with E-state index in [9.17, 15) is 8.42 Å². The van der Waals surface area contributed by atoms with Crippen LogP contribution < -0.4 is 0 Å². The Labute approximate surface area is 98.4 Å². The van der Waals surface area contributed by atoms with Crippen molar-refractivity contribution in [1.82, 2.24) is 9.21 Å². The number of nitrogens with zero attached hydrogens (tertiary/aromatic N) is 2. The molecule has 0 atom stereocenters. The van der Waals surface area contributed by atoms with Crippen molar-refractivity contribution >= 4 is 10.0 Å². The summed E-state index contributed by atoms with van der Waals surface area (Å²) >= 11 is 0. The zero-order chi connectivity index (χ0) is 12.2. The first-order valence-corrected chi connectivity index (χ1v) is 7.44. The minimum Gasteiger partial charge on any atom is -0.383 e. The Hall–Kier alpha value is -0.170. The second kappa shape index (κ2) is 5.95. The fourth-order valence-electron chi connectivity index (χ4n) is 2.03. The fraction of sp³-hybridized carbons (Fsp3) is 1.00. The monoisotopic (exact) mass is 250 g/mol. The standard InChI is InChI=1S/C10H22N2O3S/c1-11(8-9-15-2)10-4-6-12(7-5-10)16(3,13)14/h10H,4-9H2,1-3H3. The molecule has 1 aliphatic heterocycles. The van der Waals surface area contributed by atoms with Crippen molar-refractivity contribution in [1.29, 1.82) is 0 Å². The topological polar surface area (TPSA) is 49.9 Å². The molecule has 1 aliphatic rings. The molecule has 0 aromatic heterocycles. The highest BCUT2D eigenvalue weighted by Crippen LogP contribution is 2.17. The van der Waals surface area contributed by atoms with Crippen LogP contribution in [-0.4, -0.2) is 70.3 Å². The minimum absolute atomic E-state index is 0.480. The van der Waals surface area contributed by atoms with Crippen LogP contribution in [0.4, 0.5) is 0 Å². The number of ether oxygens (including phenoxy) is 1. The summed E-state index contributed by atoms with van der Waals surface area (Å²) in [5.74, 6) is 0. The van der Waals surface area contributed by atoms with Gasteiger partial charge >= 0.3 is 0 Å². The molecule has 0 unspecified atom stereocenters. The lowest BCUT2D eigenvalue weighted by Gasteiger charge is -2.35. The highest BCUT2D eigenvalue weighted by molar-refractivity contribution is 7.88. The second-order valence-corrected chi connectivity index (χ2v) is 6.35. The second-order valence-electron chi connectivity index (χ2n) is 4.37. The number of hydrogen-bond donors (Lipinski definition) is 0. The molecule has 0 aliphatic carbocycles. The Balaban J connectivity index is 2.37. The molecule has 6 heteroatoms. The number of rotatable bonds is 5. The maximum Gasteiger partial charge on any atom is 0.211 e. The fourth-order valence-corrected chi connectivity index (χ4v) is 2.91. The van der Waals surface area contributed by atoms with Crippen molar-refractivity contribution in [2.75, 3.05) is 46.7 Å². The van der Waals surface area contributed by atoms with Gasteiger partial charge in [-0.05, 0) is 19.9 Å². The van der Waals surface area contributed by atoms with Crippen LogP contribution in [0.25, 0.3) is 0 Å². The van der Waals surface area contributed by atoms with Gasteiger partial charge in [-0.1, -0.05) is 0 Å². The minimum atomic E-state index is -3.00. The maximum atomic E-state index is 11.3. The molecule has 1 rings (SSSR count). The summed E-state index contributed by atoms with van der Waals surface area (Å²) in [7, 11) is 0.762. The highest BCUT2D eigenvalue weighted by atomic mass is 32.2. The van der Waals surface area contributed by atoms with Crippen LogP contribution in [0, 0.1) is 0 Å². The van der Waals surface area contributed by atoms with E-state index < -0.39 is 10.0 Å². The van der Waals surface area contributed by atoms with Gasteiger partial charge in [-0.25, -0.2) is 12.7 Å². The van der Waals surface area contributed by atoms with Gasteiger partial charge in [0, 0.05) is 32.8 Å². The first-order chi connectivity index (χ1) is 7.45. The SMILES string of the molecule is COCCN(C)C1CCN(S(C)(=O)=O)CC1. The van der Waals surface area contributed by atoms with Crippen LogP contribution in [0.15, 0.2) is 0 Å². The Morgan fingerprint density at radius 2 is 1.94 bits per heavy atom. The molecule has 16 heavy (non-hydrogen) atoms. The molecule has 5 nitrogen and oxygen atoms in total. The zero-order valence-electron chi connectivity index (χ0n) is 10.3. The largest absolute Gasteiger partial charge is 0.383 e. The lowest BCUT2D eigenvalue weighted by molar-refractivity contribution is 0.115. The van der Waals surface area contributed by atoms with Crippen LogP contribution in [0.1, 0.15) is 12.8 Å². The average Bonchev–Trinajstić information content (AvgIpc) is 2.25. The maximum absolute atomic E-state index is 11.3. The van der Waals surface area contributed by atoms with E-state index in [1.54, 1.807) is 11.4 Å². The van der Waals surface area contributed by atoms with E-state index in [4.69, 9.17) is 4.74 Å². The molecule has 0 radical (unpaired) electrons. The van der Waals surface area contributed by atoms with Crippen LogP contribution >= 0.6 is 0 Å². The summed E-state index contributed by atoms with van der Waals surface area (Å²) in [5.41, 5.74) is 0. The molecule has 0 spiro atoms. The van der Waals surface area contributed by atoms with Gasteiger partial charge in [-0.15, -0.1) is 0 Å².